The lowest BCUT2D eigenvalue weighted by molar-refractivity contribution is -0.138. The van der Waals surface area contributed by atoms with Crippen molar-refractivity contribution in [1.82, 2.24) is 15.0 Å². The molecule has 1 aromatic heterocycles. The molecule has 1 rings (SSSR count). The largest absolute Gasteiger partial charge is 0.360 e. The first kappa shape index (κ1) is 24.1. The summed E-state index contributed by atoms with van der Waals surface area (Å²) in [7, 11) is 0. The van der Waals surface area contributed by atoms with Crippen LogP contribution in [0.25, 0.3) is 0 Å². The second-order valence-electron chi connectivity index (χ2n) is 8.65. The van der Waals surface area contributed by atoms with Crippen molar-refractivity contribution in [3.63, 3.8) is 0 Å². The van der Waals surface area contributed by atoms with Crippen LogP contribution in [0, 0.1) is 12.3 Å². The zero-order valence-electron chi connectivity index (χ0n) is 18.7. The van der Waals surface area contributed by atoms with Crippen LogP contribution in [0.3, 0.4) is 0 Å². The molecule has 7 nitrogen and oxygen atoms in total. The van der Waals surface area contributed by atoms with Crippen molar-refractivity contribution in [2.75, 3.05) is 31.5 Å². The van der Waals surface area contributed by atoms with Gasteiger partial charge in [-0.05, 0) is 51.7 Å². The summed E-state index contributed by atoms with van der Waals surface area (Å²) in [5.74, 6) is 0.751. The lowest BCUT2D eigenvalue weighted by Crippen LogP contribution is -2.45. The van der Waals surface area contributed by atoms with Crippen molar-refractivity contribution in [2.24, 2.45) is 5.41 Å². The highest BCUT2D eigenvalue weighted by Gasteiger charge is 2.26. The zero-order chi connectivity index (χ0) is 21.3. The van der Waals surface area contributed by atoms with E-state index < -0.39 is 0 Å². The van der Waals surface area contributed by atoms with Gasteiger partial charge in [-0.2, -0.15) is 0 Å². The van der Waals surface area contributed by atoms with Crippen LogP contribution in [0.4, 0.5) is 5.82 Å². The molecule has 7 heteroatoms. The Morgan fingerprint density at radius 2 is 1.89 bits per heavy atom. The summed E-state index contributed by atoms with van der Waals surface area (Å²) < 4.78 is 4.98. The number of aryl methyl sites for hydroxylation is 1. The van der Waals surface area contributed by atoms with Gasteiger partial charge in [-0.15, -0.1) is 0 Å². The predicted octanol–water partition coefficient (Wildman–Crippen LogP) is 3.70. The van der Waals surface area contributed by atoms with Crippen molar-refractivity contribution < 1.29 is 14.1 Å². The molecule has 1 unspecified atom stereocenters. The van der Waals surface area contributed by atoms with E-state index in [4.69, 9.17) is 4.52 Å². The number of rotatable bonds is 11. The van der Waals surface area contributed by atoms with Gasteiger partial charge in [0.15, 0.2) is 5.82 Å². The Morgan fingerprint density at radius 3 is 2.39 bits per heavy atom. The maximum atomic E-state index is 12.9. The van der Waals surface area contributed by atoms with Crippen LogP contribution in [0.1, 0.15) is 66.6 Å². The number of carbonyl (C=O) groups excluding carboxylic acids is 2. The fourth-order valence-electron chi connectivity index (χ4n) is 3.11. The minimum Gasteiger partial charge on any atom is -0.360 e. The monoisotopic (exact) mass is 394 g/mol. The van der Waals surface area contributed by atoms with E-state index >= 15 is 0 Å². The second kappa shape index (κ2) is 11.2. The van der Waals surface area contributed by atoms with Crippen LogP contribution < -0.4 is 5.32 Å². The number of anilines is 1. The molecule has 1 heterocycles. The van der Waals surface area contributed by atoms with Gasteiger partial charge in [0.05, 0.1) is 0 Å². The van der Waals surface area contributed by atoms with Gasteiger partial charge in [0.2, 0.25) is 11.8 Å². The first-order valence-corrected chi connectivity index (χ1v) is 10.3. The zero-order valence-corrected chi connectivity index (χ0v) is 18.7. The van der Waals surface area contributed by atoms with Gasteiger partial charge in [0.1, 0.15) is 12.3 Å². The number of carbonyl (C=O) groups is 2. The Morgan fingerprint density at radius 1 is 1.25 bits per heavy atom. The highest BCUT2D eigenvalue weighted by Crippen LogP contribution is 2.21. The van der Waals surface area contributed by atoms with Crippen LogP contribution in [0.5, 0.6) is 0 Å². The van der Waals surface area contributed by atoms with Gasteiger partial charge in [0.25, 0.3) is 0 Å². The highest BCUT2D eigenvalue weighted by molar-refractivity contribution is 5.94. The standard InChI is InChI=1S/C21H38N4O3/c1-8-24(9-2)12-10-11-16(3)25(20(27)14-21(5,6)7)15-19(26)22-18-13-17(4)28-23-18/h13,16H,8-12,14-15H2,1-7H3,(H,22,23,26). The van der Waals surface area contributed by atoms with E-state index in [0.29, 0.717) is 18.0 Å². The Balaban J connectivity index is 2.74. The third kappa shape index (κ3) is 8.87. The van der Waals surface area contributed by atoms with E-state index in [2.05, 4.69) is 29.2 Å². The summed E-state index contributed by atoms with van der Waals surface area (Å²) in [5, 5.41) is 6.50. The first-order valence-electron chi connectivity index (χ1n) is 10.3. The fraction of sp³-hybridized carbons (Fsp3) is 0.762. The smallest absolute Gasteiger partial charge is 0.245 e. The Bertz CT molecular complexity index is 617. The maximum Gasteiger partial charge on any atom is 0.245 e. The van der Waals surface area contributed by atoms with Gasteiger partial charge in [-0.3, -0.25) is 9.59 Å². The quantitative estimate of drug-likeness (QED) is 0.619. The molecule has 0 spiro atoms. The summed E-state index contributed by atoms with van der Waals surface area (Å²) in [6.45, 7) is 17.3. The average Bonchev–Trinajstić information content (AvgIpc) is 2.99. The summed E-state index contributed by atoms with van der Waals surface area (Å²) >= 11 is 0. The van der Waals surface area contributed by atoms with Crippen LogP contribution in [0.2, 0.25) is 0 Å². The number of aromatic nitrogens is 1. The SMILES string of the molecule is CCN(CC)CCCC(C)N(CC(=O)Nc1cc(C)on1)C(=O)CC(C)(C)C. The normalized spacial score (nSPS) is 12.9. The number of nitrogens with one attached hydrogen (secondary N) is 1. The maximum absolute atomic E-state index is 12.9. The Kier molecular flexibility index (Phi) is 9.65. The molecule has 0 aliphatic carbocycles. The van der Waals surface area contributed by atoms with E-state index in [9.17, 15) is 9.59 Å². The molecule has 0 fully saturated rings. The van der Waals surface area contributed by atoms with Crippen LogP contribution in [-0.4, -0.2) is 59.0 Å². The van der Waals surface area contributed by atoms with E-state index in [1.165, 1.54) is 0 Å². The van der Waals surface area contributed by atoms with Crippen LogP contribution in [0.15, 0.2) is 10.6 Å². The molecule has 160 valence electrons. The number of hydrogen-bond acceptors (Lipinski definition) is 5. The lowest BCUT2D eigenvalue weighted by Gasteiger charge is -2.32. The molecule has 0 saturated carbocycles. The summed E-state index contributed by atoms with van der Waals surface area (Å²) in [4.78, 5) is 29.5. The molecule has 0 saturated heterocycles. The van der Waals surface area contributed by atoms with Gasteiger partial charge in [0, 0.05) is 18.5 Å². The number of nitrogens with zero attached hydrogens (tertiary/aromatic N) is 3. The molecule has 1 atom stereocenters. The average molecular weight is 395 g/mol. The van der Waals surface area contributed by atoms with E-state index in [-0.39, 0.29) is 29.8 Å². The molecule has 0 aliphatic rings. The molecule has 0 aromatic carbocycles. The second-order valence-corrected chi connectivity index (χ2v) is 8.65. The third-order valence-electron chi connectivity index (χ3n) is 4.73. The predicted molar refractivity (Wildman–Crippen MR) is 112 cm³/mol. The number of hydrogen-bond donors (Lipinski definition) is 1. The molecule has 2 amide bonds. The summed E-state index contributed by atoms with van der Waals surface area (Å²) in [5.41, 5.74) is -0.129. The van der Waals surface area contributed by atoms with Gasteiger partial charge in [-0.1, -0.05) is 39.8 Å². The topological polar surface area (TPSA) is 78.7 Å². The van der Waals surface area contributed by atoms with E-state index in [1.54, 1.807) is 17.9 Å². The van der Waals surface area contributed by atoms with E-state index in [0.717, 1.165) is 32.5 Å². The molecule has 0 bridgehead atoms. The van der Waals surface area contributed by atoms with Crippen molar-refractivity contribution in [2.45, 2.75) is 73.8 Å². The third-order valence-corrected chi connectivity index (χ3v) is 4.73. The van der Waals surface area contributed by atoms with Crippen molar-refractivity contribution in [1.29, 1.82) is 0 Å². The van der Waals surface area contributed by atoms with Gasteiger partial charge in [-0.25, -0.2) is 0 Å². The first-order chi connectivity index (χ1) is 13.1. The van der Waals surface area contributed by atoms with Crippen LogP contribution in [-0.2, 0) is 9.59 Å². The molecular formula is C21H38N4O3. The van der Waals surface area contributed by atoms with Crippen molar-refractivity contribution in [3.05, 3.63) is 11.8 Å². The Hall–Kier alpha value is -1.89. The lowest BCUT2D eigenvalue weighted by atomic mass is 9.91. The highest BCUT2D eigenvalue weighted by atomic mass is 16.5. The summed E-state index contributed by atoms with van der Waals surface area (Å²) in [6, 6.07) is 1.66. The number of amides is 2. The molecular weight excluding hydrogens is 356 g/mol. The molecule has 1 N–H and O–H groups in total. The minimum absolute atomic E-state index is 0.00444. The van der Waals surface area contributed by atoms with Crippen molar-refractivity contribution in [3.8, 4) is 0 Å². The molecule has 1 aromatic rings. The molecule has 0 aliphatic heterocycles. The summed E-state index contributed by atoms with van der Waals surface area (Å²) in [6.07, 6.45) is 2.26. The Labute approximate surface area is 169 Å². The van der Waals surface area contributed by atoms with Crippen molar-refractivity contribution >= 4 is 17.6 Å². The van der Waals surface area contributed by atoms with Gasteiger partial charge < -0.3 is 19.6 Å². The molecule has 28 heavy (non-hydrogen) atoms. The van der Waals surface area contributed by atoms with E-state index in [1.807, 2.05) is 27.7 Å². The molecule has 0 radical (unpaired) electrons. The van der Waals surface area contributed by atoms with Crippen LogP contribution >= 0.6 is 0 Å². The van der Waals surface area contributed by atoms with Gasteiger partial charge >= 0.3 is 0 Å². The fourth-order valence-corrected chi connectivity index (χ4v) is 3.11. The minimum atomic E-state index is -0.258.